The number of nitrogens with two attached hydrogens (primary N) is 1. The Kier molecular flexibility index (Phi) is 6.48. The zero-order valence-corrected chi connectivity index (χ0v) is 22.7. The molecule has 39 heavy (non-hydrogen) atoms. The van der Waals surface area contributed by atoms with Crippen molar-refractivity contribution in [2.75, 3.05) is 44.3 Å². The lowest BCUT2D eigenvalue weighted by Gasteiger charge is -2.37. The number of amides is 1. The van der Waals surface area contributed by atoms with Gasteiger partial charge >= 0.3 is 0 Å². The van der Waals surface area contributed by atoms with Crippen molar-refractivity contribution >= 4 is 33.9 Å². The number of fused-ring (bicyclic) bond motifs is 2. The second-order valence-corrected chi connectivity index (χ2v) is 10.9. The normalized spacial score (nSPS) is 17.5. The van der Waals surface area contributed by atoms with E-state index in [1.807, 2.05) is 54.6 Å². The summed E-state index contributed by atoms with van der Waals surface area (Å²) >= 11 is 0. The Balaban J connectivity index is 1.45. The van der Waals surface area contributed by atoms with Gasteiger partial charge in [-0.2, -0.15) is 9.97 Å². The number of likely N-dealkylation sites (tertiary alicyclic amines) is 1. The number of aliphatic hydroxyl groups is 1. The number of para-hydroxylation sites is 2. The summed E-state index contributed by atoms with van der Waals surface area (Å²) in [7, 11) is 1.82. The molecule has 0 saturated carbocycles. The van der Waals surface area contributed by atoms with E-state index in [1.165, 1.54) is 0 Å². The molecule has 4 aromatic rings. The van der Waals surface area contributed by atoms with Crippen molar-refractivity contribution in [1.29, 1.82) is 0 Å². The molecule has 12 nitrogen and oxygen atoms in total. The summed E-state index contributed by atoms with van der Waals surface area (Å²) in [6, 6.07) is 7.80. The number of anilines is 1. The van der Waals surface area contributed by atoms with E-state index in [1.54, 1.807) is 4.57 Å². The highest BCUT2D eigenvalue weighted by molar-refractivity contribution is 5.96. The van der Waals surface area contributed by atoms with Gasteiger partial charge in [-0.05, 0) is 44.7 Å². The van der Waals surface area contributed by atoms with Gasteiger partial charge in [0.05, 0.1) is 36.4 Å². The van der Waals surface area contributed by atoms with Gasteiger partial charge in [-0.1, -0.05) is 12.1 Å². The molecule has 2 aliphatic heterocycles. The Morgan fingerprint density at radius 1 is 1.08 bits per heavy atom. The van der Waals surface area contributed by atoms with Gasteiger partial charge < -0.3 is 29.9 Å². The minimum Gasteiger partial charge on any atom is -0.390 e. The molecule has 1 aromatic carbocycles. The topological polar surface area (TPSA) is 140 Å². The third-order valence-corrected chi connectivity index (χ3v) is 7.98. The maximum atomic E-state index is 13.7. The second-order valence-electron chi connectivity index (χ2n) is 10.9. The summed E-state index contributed by atoms with van der Waals surface area (Å²) in [5, 5.41) is 10.4. The molecule has 1 amide bonds. The fraction of sp³-hybridized carbons (Fsp3) is 0.519. The molecule has 6 rings (SSSR count). The van der Waals surface area contributed by atoms with Gasteiger partial charge in [-0.3, -0.25) is 9.36 Å². The predicted octanol–water partition coefficient (Wildman–Crippen LogP) is 1.62. The average molecular weight is 534 g/mol. The second kappa shape index (κ2) is 9.85. The fourth-order valence-electron chi connectivity index (χ4n) is 5.69. The smallest absolute Gasteiger partial charge is 0.289 e. The van der Waals surface area contributed by atoms with Gasteiger partial charge in [0.1, 0.15) is 5.82 Å². The van der Waals surface area contributed by atoms with Crippen LogP contribution >= 0.6 is 0 Å². The zero-order chi connectivity index (χ0) is 27.3. The van der Waals surface area contributed by atoms with Crippen LogP contribution in [0.25, 0.3) is 28.1 Å². The molecule has 5 heterocycles. The number of aryl methyl sites for hydroxylation is 1. The Hall–Kier alpha value is -3.61. The first-order chi connectivity index (χ1) is 18.8. The quantitative estimate of drug-likeness (QED) is 0.391. The fourth-order valence-corrected chi connectivity index (χ4v) is 5.69. The third-order valence-electron chi connectivity index (χ3n) is 7.98. The molecule has 3 aromatic heterocycles. The van der Waals surface area contributed by atoms with E-state index in [9.17, 15) is 9.90 Å². The average Bonchev–Trinajstić information content (AvgIpc) is 3.50. The maximum Gasteiger partial charge on any atom is 0.289 e. The highest BCUT2D eigenvalue weighted by atomic mass is 16.5. The predicted molar refractivity (Wildman–Crippen MR) is 147 cm³/mol. The molecule has 12 heteroatoms. The van der Waals surface area contributed by atoms with E-state index in [0.717, 1.165) is 23.9 Å². The minimum atomic E-state index is -0.758. The number of imidazole rings is 2. The Morgan fingerprint density at radius 3 is 2.49 bits per heavy atom. The molecule has 0 radical (unpaired) electrons. The lowest BCUT2D eigenvalue weighted by molar-refractivity contribution is -0.0110. The summed E-state index contributed by atoms with van der Waals surface area (Å²) < 4.78 is 9.23. The number of benzene rings is 1. The van der Waals surface area contributed by atoms with Crippen LogP contribution in [-0.2, 0) is 18.3 Å². The first-order valence-corrected chi connectivity index (χ1v) is 13.5. The summed E-state index contributed by atoms with van der Waals surface area (Å²) in [6.07, 6.45) is 1.50. The largest absolute Gasteiger partial charge is 0.390 e. The summed E-state index contributed by atoms with van der Waals surface area (Å²) in [4.78, 5) is 37.1. The highest BCUT2D eigenvalue weighted by Gasteiger charge is 2.34. The summed E-state index contributed by atoms with van der Waals surface area (Å²) in [5.74, 6) is 2.08. The van der Waals surface area contributed by atoms with Crippen molar-refractivity contribution in [1.82, 2.24) is 34.0 Å². The standard InChI is InChI=1S/C27H35N9O3/c1-27(2,38)17-8-10-35(11-9-17)25(37)24-30-21-22(33(24)3)31-26(32-23(21)34-12-14-39-15-13-34)36-19-7-5-4-6-18(19)29-20(36)16-28/h4-7,17,38H,8-16,28H2,1-3H3. The number of carbonyl (C=O) groups is 1. The first-order valence-electron chi connectivity index (χ1n) is 13.5. The maximum absolute atomic E-state index is 13.7. The van der Waals surface area contributed by atoms with Gasteiger partial charge in [0, 0.05) is 33.2 Å². The number of morpholine rings is 1. The monoisotopic (exact) mass is 533 g/mol. The third kappa shape index (κ3) is 4.52. The van der Waals surface area contributed by atoms with E-state index < -0.39 is 5.60 Å². The van der Waals surface area contributed by atoms with Crippen LogP contribution < -0.4 is 10.6 Å². The van der Waals surface area contributed by atoms with Crippen LogP contribution in [0.5, 0.6) is 0 Å². The highest BCUT2D eigenvalue weighted by Crippen LogP contribution is 2.31. The molecule has 0 bridgehead atoms. The van der Waals surface area contributed by atoms with E-state index >= 15 is 0 Å². The van der Waals surface area contributed by atoms with Gasteiger partial charge in [-0.25, -0.2) is 9.97 Å². The van der Waals surface area contributed by atoms with Crippen LogP contribution in [0.1, 0.15) is 43.1 Å². The number of ether oxygens (including phenoxy) is 1. The van der Waals surface area contributed by atoms with Gasteiger partial charge in [0.25, 0.3) is 5.91 Å². The molecule has 2 aliphatic rings. The van der Waals surface area contributed by atoms with E-state index in [0.29, 0.717) is 74.0 Å². The Labute approximate surface area is 226 Å². The summed E-state index contributed by atoms with van der Waals surface area (Å²) in [5.41, 5.74) is 8.15. The van der Waals surface area contributed by atoms with E-state index in [-0.39, 0.29) is 18.4 Å². The van der Waals surface area contributed by atoms with Gasteiger partial charge in [-0.15, -0.1) is 0 Å². The Morgan fingerprint density at radius 2 is 1.79 bits per heavy atom. The minimum absolute atomic E-state index is 0.144. The lowest BCUT2D eigenvalue weighted by Crippen LogP contribution is -2.44. The molecular formula is C27H35N9O3. The van der Waals surface area contributed by atoms with Crippen LogP contribution in [0.3, 0.4) is 0 Å². The molecule has 0 atom stereocenters. The molecule has 0 spiro atoms. The number of carbonyl (C=O) groups excluding carboxylic acids is 1. The van der Waals surface area contributed by atoms with Crippen molar-refractivity contribution in [3.8, 4) is 5.95 Å². The van der Waals surface area contributed by atoms with Crippen molar-refractivity contribution in [3.63, 3.8) is 0 Å². The van der Waals surface area contributed by atoms with Crippen molar-refractivity contribution in [3.05, 3.63) is 35.9 Å². The molecule has 2 fully saturated rings. The van der Waals surface area contributed by atoms with Crippen LogP contribution in [0.4, 0.5) is 5.82 Å². The molecule has 3 N–H and O–H groups in total. The van der Waals surface area contributed by atoms with Crippen molar-refractivity contribution in [2.24, 2.45) is 18.7 Å². The molecule has 206 valence electrons. The molecule has 0 aliphatic carbocycles. The lowest BCUT2D eigenvalue weighted by atomic mass is 9.83. The van der Waals surface area contributed by atoms with E-state index in [2.05, 4.69) is 4.90 Å². The van der Waals surface area contributed by atoms with E-state index in [4.69, 9.17) is 30.4 Å². The number of nitrogens with zero attached hydrogens (tertiary/aromatic N) is 8. The SMILES string of the molecule is Cn1c(C(=O)N2CCC(C(C)(C)O)CC2)nc2c(N3CCOCC3)nc(-n3c(CN)nc4ccccc43)nc21. The number of piperidine rings is 1. The summed E-state index contributed by atoms with van der Waals surface area (Å²) in [6.45, 7) is 7.52. The van der Waals surface area contributed by atoms with Crippen LogP contribution in [0, 0.1) is 5.92 Å². The van der Waals surface area contributed by atoms with Crippen molar-refractivity contribution in [2.45, 2.75) is 38.8 Å². The number of hydrogen-bond acceptors (Lipinski definition) is 9. The van der Waals surface area contributed by atoms with Crippen LogP contribution in [0.2, 0.25) is 0 Å². The molecule has 2 saturated heterocycles. The number of aromatic nitrogens is 6. The number of rotatable bonds is 5. The molecule has 0 unspecified atom stereocenters. The Bertz CT molecular complexity index is 1520. The zero-order valence-electron chi connectivity index (χ0n) is 22.7. The van der Waals surface area contributed by atoms with Crippen LogP contribution in [-0.4, -0.2) is 90.0 Å². The van der Waals surface area contributed by atoms with Crippen molar-refractivity contribution < 1.29 is 14.6 Å². The number of hydrogen-bond donors (Lipinski definition) is 2. The first kappa shape index (κ1) is 25.7. The van der Waals surface area contributed by atoms with Gasteiger partial charge in [0.2, 0.25) is 11.8 Å². The van der Waals surface area contributed by atoms with Gasteiger partial charge in [0.15, 0.2) is 17.0 Å². The molecular weight excluding hydrogens is 498 g/mol. The van der Waals surface area contributed by atoms with Crippen LogP contribution in [0.15, 0.2) is 24.3 Å².